The van der Waals surface area contributed by atoms with E-state index in [4.69, 9.17) is 4.74 Å². The molecule has 0 amide bonds. The Hall–Kier alpha value is -0.900. The van der Waals surface area contributed by atoms with Gasteiger partial charge in [-0.1, -0.05) is 30.3 Å². The van der Waals surface area contributed by atoms with E-state index in [0.29, 0.717) is 12.1 Å². The summed E-state index contributed by atoms with van der Waals surface area (Å²) < 4.78 is 5.84. The van der Waals surface area contributed by atoms with Crippen molar-refractivity contribution in [1.29, 1.82) is 0 Å². The molecule has 19 heavy (non-hydrogen) atoms. The Labute approximate surface area is 115 Å². The molecule has 1 aromatic carbocycles. The molecule has 0 saturated carbocycles. The third-order valence-electron chi connectivity index (χ3n) is 4.94. The van der Waals surface area contributed by atoms with Gasteiger partial charge in [0.05, 0.1) is 6.10 Å². The highest BCUT2D eigenvalue weighted by Crippen LogP contribution is 2.38. The lowest BCUT2D eigenvalue weighted by molar-refractivity contribution is -0.0154. The van der Waals surface area contributed by atoms with Crippen LogP contribution >= 0.6 is 0 Å². The van der Waals surface area contributed by atoms with Crippen molar-refractivity contribution in [1.82, 2.24) is 10.2 Å². The van der Waals surface area contributed by atoms with Gasteiger partial charge in [-0.15, -0.1) is 0 Å². The molecule has 3 unspecified atom stereocenters. The monoisotopic (exact) mass is 260 g/mol. The standard InChI is InChI=1S/C16H24N2O/c1-13-16(2,8-11-19-13)18-10-9-17-12-15(18)14-6-4-3-5-7-14/h3-7,13,15,17H,8-12H2,1-2H3. The number of piperazine rings is 1. The molecule has 2 aliphatic rings. The maximum absolute atomic E-state index is 5.84. The van der Waals surface area contributed by atoms with Crippen LogP contribution in [0.1, 0.15) is 31.9 Å². The number of nitrogens with one attached hydrogen (secondary N) is 1. The Kier molecular flexibility index (Phi) is 3.61. The second-order valence-electron chi connectivity index (χ2n) is 5.94. The molecule has 2 saturated heterocycles. The second-order valence-corrected chi connectivity index (χ2v) is 5.94. The van der Waals surface area contributed by atoms with E-state index in [9.17, 15) is 0 Å². The van der Waals surface area contributed by atoms with Crippen LogP contribution in [0.5, 0.6) is 0 Å². The maximum atomic E-state index is 5.84. The van der Waals surface area contributed by atoms with Crippen LogP contribution < -0.4 is 5.32 Å². The van der Waals surface area contributed by atoms with Gasteiger partial charge in [0.2, 0.25) is 0 Å². The van der Waals surface area contributed by atoms with Crippen molar-refractivity contribution >= 4 is 0 Å². The minimum Gasteiger partial charge on any atom is -0.377 e. The van der Waals surface area contributed by atoms with E-state index in [0.717, 1.165) is 32.7 Å². The Morgan fingerprint density at radius 3 is 2.79 bits per heavy atom. The topological polar surface area (TPSA) is 24.5 Å². The highest BCUT2D eigenvalue weighted by atomic mass is 16.5. The van der Waals surface area contributed by atoms with Crippen LogP contribution in [-0.2, 0) is 4.74 Å². The predicted molar refractivity (Wildman–Crippen MR) is 77.2 cm³/mol. The zero-order valence-electron chi connectivity index (χ0n) is 11.9. The molecule has 0 spiro atoms. The normalized spacial score (nSPS) is 36.5. The summed E-state index contributed by atoms with van der Waals surface area (Å²) in [5.74, 6) is 0. The smallest absolute Gasteiger partial charge is 0.0729 e. The van der Waals surface area contributed by atoms with Gasteiger partial charge in [0, 0.05) is 37.8 Å². The first-order valence-electron chi connectivity index (χ1n) is 7.36. The van der Waals surface area contributed by atoms with Gasteiger partial charge in [0.15, 0.2) is 0 Å². The van der Waals surface area contributed by atoms with E-state index < -0.39 is 0 Å². The van der Waals surface area contributed by atoms with Crippen LogP contribution in [0.2, 0.25) is 0 Å². The molecule has 0 bridgehead atoms. The molecule has 2 aliphatic heterocycles. The summed E-state index contributed by atoms with van der Waals surface area (Å²) in [7, 11) is 0. The first kappa shape index (κ1) is 13.1. The molecule has 3 rings (SSSR count). The second kappa shape index (κ2) is 5.23. The van der Waals surface area contributed by atoms with Gasteiger partial charge in [-0.3, -0.25) is 4.90 Å². The van der Waals surface area contributed by atoms with Crippen LogP contribution in [0, 0.1) is 0 Å². The minimum atomic E-state index is 0.169. The van der Waals surface area contributed by atoms with Gasteiger partial charge in [0.1, 0.15) is 0 Å². The number of rotatable bonds is 2. The van der Waals surface area contributed by atoms with Crippen LogP contribution in [0.15, 0.2) is 30.3 Å². The molecule has 1 aromatic rings. The van der Waals surface area contributed by atoms with Gasteiger partial charge in [-0.05, 0) is 25.8 Å². The van der Waals surface area contributed by atoms with E-state index in [1.165, 1.54) is 5.56 Å². The van der Waals surface area contributed by atoms with E-state index >= 15 is 0 Å². The van der Waals surface area contributed by atoms with Crippen LogP contribution in [0.4, 0.5) is 0 Å². The lowest BCUT2D eigenvalue weighted by atomic mass is 9.88. The van der Waals surface area contributed by atoms with Gasteiger partial charge in [0.25, 0.3) is 0 Å². The number of hydrogen-bond acceptors (Lipinski definition) is 3. The van der Waals surface area contributed by atoms with Crippen molar-refractivity contribution < 1.29 is 4.74 Å². The summed E-state index contributed by atoms with van der Waals surface area (Å²) in [6.45, 7) is 8.69. The van der Waals surface area contributed by atoms with E-state index in [1.54, 1.807) is 0 Å². The Morgan fingerprint density at radius 2 is 2.11 bits per heavy atom. The Balaban J connectivity index is 1.89. The van der Waals surface area contributed by atoms with Crippen molar-refractivity contribution in [2.75, 3.05) is 26.2 Å². The predicted octanol–water partition coefficient (Wildman–Crippen LogP) is 2.20. The van der Waals surface area contributed by atoms with Crippen molar-refractivity contribution in [2.45, 2.75) is 38.0 Å². The first-order chi connectivity index (χ1) is 9.22. The Bertz CT molecular complexity index is 422. The average molecular weight is 260 g/mol. The molecule has 2 heterocycles. The quantitative estimate of drug-likeness (QED) is 0.882. The molecular weight excluding hydrogens is 236 g/mol. The molecule has 2 fully saturated rings. The molecule has 1 N–H and O–H groups in total. The summed E-state index contributed by atoms with van der Waals surface area (Å²) >= 11 is 0. The summed E-state index contributed by atoms with van der Waals surface area (Å²) in [6.07, 6.45) is 1.45. The molecule has 0 radical (unpaired) electrons. The third-order valence-corrected chi connectivity index (χ3v) is 4.94. The zero-order valence-corrected chi connectivity index (χ0v) is 11.9. The zero-order chi connectivity index (χ0) is 13.3. The number of nitrogens with zero attached hydrogens (tertiary/aromatic N) is 1. The van der Waals surface area contributed by atoms with E-state index in [-0.39, 0.29) is 5.54 Å². The fourth-order valence-electron chi connectivity index (χ4n) is 3.49. The summed E-state index contributed by atoms with van der Waals surface area (Å²) in [5, 5.41) is 3.54. The van der Waals surface area contributed by atoms with Crippen molar-refractivity contribution in [3.8, 4) is 0 Å². The molecular formula is C16H24N2O. The maximum Gasteiger partial charge on any atom is 0.0729 e. The third kappa shape index (κ3) is 2.31. The van der Waals surface area contributed by atoms with Gasteiger partial charge >= 0.3 is 0 Å². The fourth-order valence-corrected chi connectivity index (χ4v) is 3.49. The lowest BCUT2D eigenvalue weighted by Crippen LogP contribution is -2.58. The van der Waals surface area contributed by atoms with Gasteiger partial charge < -0.3 is 10.1 Å². The van der Waals surface area contributed by atoms with Crippen LogP contribution in [0.25, 0.3) is 0 Å². The first-order valence-corrected chi connectivity index (χ1v) is 7.36. The van der Waals surface area contributed by atoms with E-state index in [2.05, 4.69) is 54.4 Å². The summed E-state index contributed by atoms with van der Waals surface area (Å²) in [4.78, 5) is 2.66. The van der Waals surface area contributed by atoms with Crippen LogP contribution in [-0.4, -0.2) is 42.8 Å². The van der Waals surface area contributed by atoms with Gasteiger partial charge in [-0.25, -0.2) is 0 Å². The van der Waals surface area contributed by atoms with Crippen molar-refractivity contribution in [3.63, 3.8) is 0 Å². The molecule has 104 valence electrons. The number of ether oxygens (including phenoxy) is 1. The van der Waals surface area contributed by atoms with E-state index in [1.807, 2.05) is 0 Å². The van der Waals surface area contributed by atoms with Gasteiger partial charge in [-0.2, -0.15) is 0 Å². The molecule has 0 aliphatic carbocycles. The largest absolute Gasteiger partial charge is 0.377 e. The lowest BCUT2D eigenvalue weighted by Gasteiger charge is -2.48. The molecule has 0 aromatic heterocycles. The summed E-state index contributed by atoms with van der Waals surface area (Å²) in [6, 6.07) is 11.3. The highest BCUT2D eigenvalue weighted by molar-refractivity contribution is 5.21. The summed E-state index contributed by atoms with van der Waals surface area (Å²) in [5.41, 5.74) is 1.58. The molecule has 3 nitrogen and oxygen atoms in total. The minimum absolute atomic E-state index is 0.169. The van der Waals surface area contributed by atoms with Crippen molar-refractivity contribution in [3.05, 3.63) is 35.9 Å². The number of hydrogen-bond donors (Lipinski definition) is 1. The fraction of sp³-hybridized carbons (Fsp3) is 0.625. The average Bonchev–Trinajstić information content (AvgIpc) is 2.81. The van der Waals surface area contributed by atoms with Crippen LogP contribution in [0.3, 0.4) is 0 Å². The molecule has 3 heteroatoms. The Morgan fingerprint density at radius 1 is 1.32 bits per heavy atom. The van der Waals surface area contributed by atoms with Crippen molar-refractivity contribution in [2.24, 2.45) is 0 Å². The number of benzene rings is 1. The molecule has 3 atom stereocenters. The highest BCUT2D eigenvalue weighted by Gasteiger charge is 2.45. The SMILES string of the molecule is CC1OCCC1(C)N1CCNCC1c1ccccc1.